The van der Waals surface area contributed by atoms with Crippen LogP contribution in [0.4, 0.5) is 0 Å². The van der Waals surface area contributed by atoms with Crippen LogP contribution in [-0.4, -0.2) is 48.0 Å². The van der Waals surface area contributed by atoms with Gasteiger partial charge in [0, 0.05) is 6.54 Å². The van der Waals surface area contributed by atoms with Crippen LogP contribution < -0.4 is 9.47 Å². The second-order valence-corrected chi connectivity index (χ2v) is 8.65. The predicted octanol–water partition coefficient (Wildman–Crippen LogP) is 4.79. The summed E-state index contributed by atoms with van der Waals surface area (Å²) in [6, 6.07) is 3.72. The topological polar surface area (TPSA) is 65.1 Å². The lowest BCUT2D eigenvalue weighted by molar-refractivity contribution is -0.140. The molecule has 0 aliphatic carbocycles. The van der Waals surface area contributed by atoms with E-state index in [1.807, 2.05) is 19.1 Å². The number of unbranched alkanes of at least 4 members (excludes halogenated alkanes) is 1. The minimum absolute atomic E-state index is 0.0973. The van der Waals surface area contributed by atoms with E-state index in [-0.39, 0.29) is 24.8 Å². The number of carbonyl (C=O) groups is 2. The summed E-state index contributed by atoms with van der Waals surface area (Å²) in [6.07, 6.45) is 3.85. The lowest BCUT2D eigenvalue weighted by Crippen LogP contribution is -2.30. The molecule has 1 fully saturated rings. The molecular weight excluding hydrogens is 478 g/mol. The van der Waals surface area contributed by atoms with Crippen LogP contribution in [0.3, 0.4) is 0 Å². The van der Waals surface area contributed by atoms with Crippen LogP contribution >= 0.6 is 39.9 Å². The third-order valence-corrected chi connectivity index (χ3v) is 5.98. The molecule has 0 atom stereocenters. The standard InChI is InChI=1S/C20H24BrNO5S2/c1-4-6-9-27-18-14(21)10-13(11-15(18)26-5-2)12-16-19(24)22(20(28)29-16)8-7-17(23)25-3/h10-12H,4-9H2,1-3H3/b16-12-. The van der Waals surface area contributed by atoms with Gasteiger partial charge in [-0.3, -0.25) is 14.5 Å². The van der Waals surface area contributed by atoms with Gasteiger partial charge in [0.05, 0.1) is 36.1 Å². The van der Waals surface area contributed by atoms with Gasteiger partial charge in [-0.25, -0.2) is 0 Å². The summed E-state index contributed by atoms with van der Waals surface area (Å²) in [5, 5.41) is 0. The summed E-state index contributed by atoms with van der Waals surface area (Å²) >= 11 is 10.0. The number of carbonyl (C=O) groups excluding carboxylic acids is 2. The molecule has 1 heterocycles. The molecule has 2 rings (SSSR count). The minimum atomic E-state index is -0.382. The number of rotatable bonds is 10. The third kappa shape index (κ3) is 6.45. The first-order valence-corrected chi connectivity index (χ1v) is 11.3. The van der Waals surface area contributed by atoms with Crippen LogP contribution in [0.1, 0.15) is 38.7 Å². The van der Waals surface area contributed by atoms with Crippen molar-refractivity contribution in [3.8, 4) is 11.5 Å². The van der Waals surface area contributed by atoms with Gasteiger partial charge in [0.15, 0.2) is 11.5 Å². The molecule has 0 radical (unpaired) electrons. The smallest absolute Gasteiger partial charge is 0.307 e. The number of hydrogen-bond acceptors (Lipinski definition) is 7. The van der Waals surface area contributed by atoms with Crippen molar-refractivity contribution in [3.05, 3.63) is 27.1 Å². The third-order valence-electron chi connectivity index (χ3n) is 4.01. The maximum Gasteiger partial charge on any atom is 0.307 e. The van der Waals surface area contributed by atoms with Crippen LogP contribution in [0, 0.1) is 0 Å². The van der Waals surface area contributed by atoms with Gasteiger partial charge < -0.3 is 14.2 Å². The Kier molecular flexibility index (Phi) is 9.45. The molecular formula is C20H24BrNO5S2. The van der Waals surface area contributed by atoms with Crippen LogP contribution in [0.25, 0.3) is 6.08 Å². The van der Waals surface area contributed by atoms with E-state index < -0.39 is 0 Å². The van der Waals surface area contributed by atoms with E-state index in [2.05, 4.69) is 27.6 Å². The molecule has 1 aromatic carbocycles. The molecule has 6 nitrogen and oxygen atoms in total. The summed E-state index contributed by atoms with van der Waals surface area (Å²) in [5.74, 6) is 0.668. The maximum absolute atomic E-state index is 12.7. The lowest BCUT2D eigenvalue weighted by atomic mass is 10.1. The number of methoxy groups -OCH3 is 1. The van der Waals surface area contributed by atoms with Gasteiger partial charge in [-0.1, -0.05) is 37.3 Å². The van der Waals surface area contributed by atoms with Gasteiger partial charge in [-0.2, -0.15) is 0 Å². The average molecular weight is 502 g/mol. The number of thiocarbonyl (C=S) groups is 1. The summed E-state index contributed by atoms with van der Waals surface area (Å²) in [4.78, 5) is 26.0. The number of benzene rings is 1. The molecule has 1 aliphatic heterocycles. The Morgan fingerprint density at radius 2 is 2.07 bits per heavy atom. The number of esters is 1. The summed E-state index contributed by atoms with van der Waals surface area (Å²) in [6.45, 7) is 5.31. The normalized spacial score (nSPS) is 15.2. The first-order chi connectivity index (χ1) is 13.9. The lowest BCUT2D eigenvalue weighted by Gasteiger charge is -2.15. The van der Waals surface area contributed by atoms with Gasteiger partial charge >= 0.3 is 5.97 Å². The van der Waals surface area contributed by atoms with Crippen molar-refractivity contribution >= 4 is 62.2 Å². The Labute approximate surface area is 189 Å². The summed E-state index contributed by atoms with van der Waals surface area (Å²) in [5.41, 5.74) is 0.789. The van der Waals surface area contributed by atoms with E-state index in [1.165, 1.54) is 23.8 Å². The molecule has 9 heteroatoms. The number of amides is 1. The van der Waals surface area contributed by atoms with E-state index in [0.29, 0.717) is 33.9 Å². The van der Waals surface area contributed by atoms with Crippen LogP contribution in [-0.2, 0) is 14.3 Å². The molecule has 1 amide bonds. The highest BCUT2D eigenvalue weighted by Gasteiger charge is 2.32. The second kappa shape index (κ2) is 11.6. The quantitative estimate of drug-likeness (QED) is 0.197. The van der Waals surface area contributed by atoms with Crippen LogP contribution in [0.15, 0.2) is 21.5 Å². The highest BCUT2D eigenvalue weighted by atomic mass is 79.9. The van der Waals surface area contributed by atoms with Gasteiger partial charge in [0.25, 0.3) is 5.91 Å². The molecule has 29 heavy (non-hydrogen) atoms. The van der Waals surface area contributed by atoms with Gasteiger partial charge in [0.2, 0.25) is 0 Å². The Morgan fingerprint density at radius 3 is 2.72 bits per heavy atom. The van der Waals surface area contributed by atoms with Gasteiger partial charge in [0.1, 0.15) is 4.32 Å². The molecule has 0 saturated carbocycles. The Bertz CT molecular complexity index is 812. The van der Waals surface area contributed by atoms with E-state index >= 15 is 0 Å². The van der Waals surface area contributed by atoms with Crippen molar-refractivity contribution in [2.24, 2.45) is 0 Å². The molecule has 0 unspecified atom stereocenters. The monoisotopic (exact) mass is 501 g/mol. The first kappa shape index (κ1) is 23.7. The second-order valence-electron chi connectivity index (χ2n) is 6.12. The summed E-state index contributed by atoms with van der Waals surface area (Å²) in [7, 11) is 1.32. The predicted molar refractivity (Wildman–Crippen MR) is 122 cm³/mol. The van der Waals surface area contributed by atoms with Gasteiger partial charge in [-0.15, -0.1) is 0 Å². The van der Waals surface area contributed by atoms with Crippen molar-refractivity contribution in [3.63, 3.8) is 0 Å². The van der Waals surface area contributed by atoms with Gasteiger partial charge in [-0.05, 0) is 53.0 Å². The Balaban J connectivity index is 2.23. The van der Waals surface area contributed by atoms with Crippen LogP contribution in [0.5, 0.6) is 11.5 Å². The van der Waals surface area contributed by atoms with E-state index in [9.17, 15) is 9.59 Å². The number of hydrogen-bond donors (Lipinski definition) is 0. The molecule has 0 spiro atoms. The van der Waals surface area contributed by atoms with Crippen molar-refractivity contribution in [1.29, 1.82) is 0 Å². The molecule has 0 bridgehead atoms. The minimum Gasteiger partial charge on any atom is -0.490 e. The number of nitrogens with zero attached hydrogens (tertiary/aromatic N) is 1. The zero-order chi connectivity index (χ0) is 21.4. The van der Waals surface area contributed by atoms with E-state index in [1.54, 1.807) is 6.08 Å². The van der Waals surface area contributed by atoms with Crippen LogP contribution in [0.2, 0.25) is 0 Å². The molecule has 1 saturated heterocycles. The fourth-order valence-electron chi connectivity index (χ4n) is 2.54. The van der Waals surface area contributed by atoms with E-state index in [0.717, 1.165) is 22.9 Å². The average Bonchev–Trinajstić information content (AvgIpc) is 2.95. The highest BCUT2D eigenvalue weighted by molar-refractivity contribution is 9.10. The molecule has 0 N–H and O–H groups in total. The zero-order valence-corrected chi connectivity index (χ0v) is 19.9. The molecule has 1 aromatic rings. The number of halogens is 1. The largest absolute Gasteiger partial charge is 0.490 e. The fraction of sp³-hybridized carbons (Fsp3) is 0.450. The summed E-state index contributed by atoms with van der Waals surface area (Å²) < 4.78 is 17.4. The molecule has 158 valence electrons. The first-order valence-electron chi connectivity index (χ1n) is 9.32. The maximum atomic E-state index is 12.7. The number of thioether (sulfide) groups is 1. The molecule has 1 aliphatic rings. The van der Waals surface area contributed by atoms with Crippen molar-refractivity contribution in [2.45, 2.75) is 33.1 Å². The van der Waals surface area contributed by atoms with Crippen molar-refractivity contribution in [1.82, 2.24) is 4.90 Å². The Hall–Kier alpha value is -1.58. The number of ether oxygens (including phenoxy) is 3. The van der Waals surface area contributed by atoms with Crippen molar-refractivity contribution in [2.75, 3.05) is 26.9 Å². The SMILES string of the molecule is CCCCOc1c(Br)cc(/C=C2\SC(=S)N(CCC(=O)OC)C2=O)cc1OCC. The molecule has 0 aromatic heterocycles. The highest BCUT2D eigenvalue weighted by Crippen LogP contribution is 2.39. The van der Waals surface area contributed by atoms with E-state index in [4.69, 9.17) is 21.7 Å². The van der Waals surface area contributed by atoms with Crippen molar-refractivity contribution < 1.29 is 23.8 Å². The Morgan fingerprint density at radius 1 is 1.31 bits per heavy atom. The fourth-order valence-corrected chi connectivity index (χ4v) is 4.42. The zero-order valence-electron chi connectivity index (χ0n) is 16.7.